The monoisotopic (exact) mass is 560 g/mol. The molecular weight excluding hydrogens is 529 g/mol. The van der Waals surface area contributed by atoms with Gasteiger partial charge in [-0.3, -0.25) is 0 Å². The third kappa shape index (κ3) is 4.24. The molecule has 30 heavy (non-hydrogen) atoms. The van der Waals surface area contributed by atoms with Gasteiger partial charge in [0.1, 0.15) is 0 Å². The Morgan fingerprint density at radius 3 is 1.67 bits per heavy atom. The van der Waals surface area contributed by atoms with Gasteiger partial charge in [0.05, 0.1) is 0 Å². The van der Waals surface area contributed by atoms with E-state index in [2.05, 4.69) is 98.8 Å². The van der Waals surface area contributed by atoms with Crippen LogP contribution in [0.4, 0.5) is 0 Å². The molecule has 8 heteroatoms. The zero-order chi connectivity index (χ0) is 22.6. The van der Waals surface area contributed by atoms with Crippen molar-refractivity contribution in [3.63, 3.8) is 0 Å². The molecule has 0 saturated heterocycles. The third-order valence-corrected chi connectivity index (χ3v) is 53.5. The van der Waals surface area contributed by atoms with Gasteiger partial charge in [-0.2, -0.15) is 0 Å². The fourth-order valence-corrected chi connectivity index (χ4v) is 55.5. The Balaban J connectivity index is 2.37. The summed E-state index contributed by atoms with van der Waals surface area (Å²) >= 11 is -5.12. The van der Waals surface area contributed by atoms with Gasteiger partial charge in [-0.05, 0) is 0 Å². The summed E-state index contributed by atoms with van der Waals surface area (Å²) in [6, 6.07) is 17.0. The second-order valence-corrected chi connectivity index (χ2v) is 52.1. The summed E-state index contributed by atoms with van der Waals surface area (Å²) < 4.78 is 16.8. The van der Waals surface area contributed by atoms with Crippen molar-refractivity contribution in [2.24, 2.45) is 0 Å². The molecule has 0 radical (unpaired) electrons. The van der Waals surface area contributed by atoms with Gasteiger partial charge in [0.25, 0.3) is 0 Å². The molecular formula is C22H34Cl2NO2Si2Zr. The predicted octanol–water partition coefficient (Wildman–Crippen LogP) is 7.12. The van der Waals surface area contributed by atoms with E-state index in [1.54, 1.807) is 7.11 Å². The number of rotatable bonds is 6. The van der Waals surface area contributed by atoms with Crippen LogP contribution in [0.2, 0.25) is 26.2 Å². The standard InChI is InChI=1S/C13H9.C5H15O2Si2.C4H10N.2ClH.Zr/c1-3-7-12-10(5-1)9-11-6-2-4-8-13(11)12;1-6-8(2)7-9(3,4)5;1-4(2,3)5;;;/h1-9H;1-5H3;5H,1-3H3;2*1H;/q;;-1;;;+3/p-2. The number of benzene rings is 2. The van der Waals surface area contributed by atoms with Crippen LogP contribution in [-0.4, -0.2) is 26.7 Å². The fourth-order valence-electron chi connectivity index (χ4n) is 4.74. The first kappa shape index (κ1) is 24.9. The summed E-state index contributed by atoms with van der Waals surface area (Å²) in [7, 11) is 15.6. The Kier molecular flexibility index (Phi) is 6.56. The Hall–Kier alpha value is 0.217. The summed E-state index contributed by atoms with van der Waals surface area (Å²) in [6.45, 7) is 15.0. The zero-order valence-corrected chi connectivity index (χ0v) is 25.2. The third-order valence-electron chi connectivity index (χ3n) is 5.67. The second-order valence-electron chi connectivity index (χ2n) is 10.4. The Morgan fingerprint density at radius 1 is 0.867 bits per heavy atom. The van der Waals surface area contributed by atoms with Crippen molar-refractivity contribution >= 4 is 31.0 Å². The van der Waals surface area contributed by atoms with Gasteiger partial charge < -0.3 is 0 Å². The Labute approximate surface area is 191 Å². The molecule has 0 aliphatic heterocycles. The molecule has 1 atom stereocenters. The van der Waals surface area contributed by atoms with E-state index < -0.39 is 29.9 Å². The van der Waals surface area contributed by atoms with E-state index in [1.807, 2.05) is 0 Å². The summed E-state index contributed by atoms with van der Waals surface area (Å²) in [4.78, 5) is 0. The van der Waals surface area contributed by atoms with Gasteiger partial charge in [0.15, 0.2) is 0 Å². The van der Waals surface area contributed by atoms with Crippen LogP contribution in [0.1, 0.15) is 35.5 Å². The summed E-state index contributed by atoms with van der Waals surface area (Å²) in [6.07, 6.45) is 0. The average molecular weight is 563 g/mol. The van der Waals surface area contributed by atoms with Gasteiger partial charge in [-0.15, -0.1) is 0 Å². The van der Waals surface area contributed by atoms with Crippen molar-refractivity contribution < 1.29 is 24.4 Å². The van der Waals surface area contributed by atoms with Crippen LogP contribution in [0.25, 0.3) is 11.1 Å². The molecule has 0 amide bonds. The maximum atomic E-state index is 7.95. The molecule has 0 saturated carbocycles. The van der Waals surface area contributed by atoms with E-state index in [1.165, 1.54) is 22.3 Å². The van der Waals surface area contributed by atoms with Crippen molar-refractivity contribution in [3.8, 4) is 11.1 Å². The SMILES string of the molecule is CO[Si](C)(O[Si](C)(C)C)[Zr]([Cl])([Cl])([NH]C(C)(C)C)[CH]1c2ccccc2-c2ccccc21. The summed E-state index contributed by atoms with van der Waals surface area (Å²) in [5.41, 5.74) is 1.42. The number of hydrogen-bond acceptors (Lipinski definition) is 3. The van der Waals surface area contributed by atoms with Gasteiger partial charge in [-0.1, -0.05) is 0 Å². The van der Waals surface area contributed by atoms with Crippen LogP contribution in [0.15, 0.2) is 48.5 Å². The first-order chi connectivity index (χ1) is 13.6. The quantitative estimate of drug-likeness (QED) is 0.380. The van der Waals surface area contributed by atoms with Crippen LogP contribution < -0.4 is 3.26 Å². The van der Waals surface area contributed by atoms with E-state index in [9.17, 15) is 0 Å². The summed E-state index contributed by atoms with van der Waals surface area (Å²) in [5, 5.41) is 0. The van der Waals surface area contributed by atoms with E-state index >= 15 is 0 Å². The molecule has 3 rings (SSSR count). The van der Waals surface area contributed by atoms with Crippen LogP contribution in [0.5, 0.6) is 0 Å². The van der Waals surface area contributed by atoms with Gasteiger partial charge in [0.2, 0.25) is 0 Å². The second kappa shape index (κ2) is 7.91. The first-order valence-corrected chi connectivity index (χ1v) is 28.8. The molecule has 1 aliphatic carbocycles. The molecule has 0 bridgehead atoms. The van der Waals surface area contributed by atoms with Crippen molar-refractivity contribution in [1.82, 2.24) is 3.26 Å². The number of nitrogens with one attached hydrogen (secondary N) is 1. The zero-order valence-electron chi connectivity index (χ0n) is 19.3. The Bertz CT molecular complexity index is 913. The van der Waals surface area contributed by atoms with Crippen molar-refractivity contribution in [2.45, 2.75) is 56.1 Å². The van der Waals surface area contributed by atoms with Gasteiger partial charge in [0, 0.05) is 0 Å². The van der Waals surface area contributed by atoms with Crippen LogP contribution >= 0.6 is 17.0 Å². The first-order valence-electron chi connectivity index (χ1n) is 10.4. The average Bonchev–Trinajstić information content (AvgIpc) is 2.94. The van der Waals surface area contributed by atoms with Crippen molar-refractivity contribution in [3.05, 3.63) is 59.7 Å². The van der Waals surface area contributed by atoms with Crippen LogP contribution in [0.3, 0.4) is 0 Å². The number of fused-ring (bicyclic) bond motifs is 3. The van der Waals surface area contributed by atoms with Crippen LogP contribution in [0, 0.1) is 0 Å². The molecule has 0 aromatic heterocycles. The van der Waals surface area contributed by atoms with Crippen LogP contribution in [-0.2, 0) is 24.4 Å². The van der Waals surface area contributed by atoms with Crippen molar-refractivity contribution in [1.29, 1.82) is 0 Å². The molecule has 1 unspecified atom stereocenters. The number of halogens is 2. The fraction of sp³-hybridized carbons (Fsp3) is 0.455. The Morgan fingerprint density at radius 2 is 1.30 bits per heavy atom. The topological polar surface area (TPSA) is 30.5 Å². The van der Waals surface area contributed by atoms with Crippen molar-refractivity contribution in [2.75, 3.05) is 7.11 Å². The van der Waals surface area contributed by atoms with Gasteiger partial charge >= 0.3 is 193 Å². The van der Waals surface area contributed by atoms with E-state index in [4.69, 9.17) is 25.6 Å². The normalized spacial score (nSPS) is 18.3. The minimum absolute atomic E-state index is 0.144. The molecule has 165 valence electrons. The molecule has 1 N–H and O–H groups in total. The van der Waals surface area contributed by atoms with Gasteiger partial charge in [-0.25, -0.2) is 0 Å². The minimum atomic E-state index is -5.12. The molecule has 0 spiro atoms. The molecule has 2 aromatic carbocycles. The molecule has 3 nitrogen and oxygen atoms in total. The molecule has 0 heterocycles. The molecule has 1 aliphatic rings. The van der Waals surface area contributed by atoms with E-state index in [0.29, 0.717) is 0 Å². The molecule has 2 aromatic rings. The summed E-state index contributed by atoms with van der Waals surface area (Å²) in [5.74, 6) is 0. The maximum absolute atomic E-state index is 7.95. The van der Waals surface area contributed by atoms with E-state index in [0.717, 1.165) is 0 Å². The predicted molar refractivity (Wildman–Crippen MR) is 131 cm³/mol. The van der Waals surface area contributed by atoms with E-state index in [-0.39, 0.29) is 9.16 Å². The number of hydrogen-bond donors (Lipinski definition) is 1. The molecule has 0 fully saturated rings.